The minimum Gasteiger partial charge on any atom is -0.456 e. The van der Waals surface area contributed by atoms with Gasteiger partial charge in [0.2, 0.25) is 0 Å². The van der Waals surface area contributed by atoms with Crippen LogP contribution in [-0.4, -0.2) is 0 Å². The molecule has 0 saturated carbocycles. The van der Waals surface area contributed by atoms with Gasteiger partial charge in [0.1, 0.15) is 11.2 Å². The van der Waals surface area contributed by atoms with Crippen LogP contribution in [0.4, 0.5) is 0 Å². The highest BCUT2D eigenvalue weighted by atomic mass is 16.3. The normalized spacial score (nSPS) is 15.2. The van der Waals surface area contributed by atoms with Crippen LogP contribution in [0.25, 0.3) is 110 Å². The maximum Gasteiger partial charge on any atom is 0.136 e. The van der Waals surface area contributed by atoms with Crippen molar-refractivity contribution in [1.82, 2.24) is 0 Å². The van der Waals surface area contributed by atoms with E-state index >= 15 is 0 Å². The standard InChI is InChI=1S/C52H32O/c1-2-14-34(15-3-1)39-25-13-27-49-52(39)47-32-37(28-29-48(47)53-49)45-30-35-17-4-5-18-36(35)31-46(45)51-43-23-10-8-21-41(43)50(42-22-9-11-24-44(42)51)40-26-12-19-33-16-6-7-20-38(33)40/h1-32H/i4D,5D,6D,7D,12D,16D,17D,18D,19D,20D,26D,30D,31D. The molecule has 246 valence electrons. The third-order valence-electron chi connectivity index (χ3n) is 10.0. The molecule has 1 heteroatoms. The van der Waals surface area contributed by atoms with E-state index in [1.54, 1.807) is 60.7 Å². The third-order valence-corrected chi connectivity index (χ3v) is 10.0. The number of furan rings is 1. The molecule has 1 aromatic heterocycles. The molecule has 1 heterocycles. The molecule has 0 fully saturated rings. The summed E-state index contributed by atoms with van der Waals surface area (Å²) >= 11 is 0. The second-order valence-corrected chi connectivity index (χ2v) is 12.9. The molecule has 0 spiro atoms. The highest BCUT2D eigenvalue weighted by Crippen LogP contribution is 2.49. The molecule has 0 atom stereocenters. The van der Waals surface area contributed by atoms with E-state index in [1.807, 2.05) is 54.6 Å². The summed E-state index contributed by atoms with van der Waals surface area (Å²) in [6.07, 6.45) is 0. The van der Waals surface area contributed by atoms with Crippen LogP contribution in [0.1, 0.15) is 17.8 Å². The van der Waals surface area contributed by atoms with Crippen LogP contribution in [-0.2, 0) is 0 Å². The Morgan fingerprint density at radius 3 is 1.68 bits per heavy atom. The first-order valence-electron chi connectivity index (χ1n) is 23.7. The molecule has 0 saturated heterocycles. The summed E-state index contributed by atoms with van der Waals surface area (Å²) in [6.45, 7) is 0. The van der Waals surface area contributed by atoms with Crippen molar-refractivity contribution < 1.29 is 22.2 Å². The van der Waals surface area contributed by atoms with Gasteiger partial charge in [-0.05, 0) is 118 Å². The van der Waals surface area contributed by atoms with Gasteiger partial charge in [-0.2, -0.15) is 0 Å². The van der Waals surface area contributed by atoms with Gasteiger partial charge in [-0.25, -0.2) is 0 Å². The Morgan fingerprint density at radius 1 is 0.358 bits per heavy atom. The summed E-state index contributed by atoms with van der Waals surface area (Å²) in [5.74, 6) is 0. The highest BCUT2D eigenvalue weighted by Gasteiger charge is 2.21. The fourth-order valence-electron chi connectivity index (χ4n) is 7.79. The lowest BCUT2D eigenvalue weighted by Crippen LogP contribution is -1.94. The summed E-state index contributed by atoms with van der Waals surface area (Å²) in [5, 5.41) is 2.97. The lowest BCUT2D eigenvalue weighted by atomic mass is 9.82. The molecule has 11 aromatic rings. The van der Waals surface area contributed by atoms with Gasteiger partial charge in [0.15, 0.2) is 0 Å². The van der Waals surface area contributed by atoms with E-state index in [0.29, 0.717) is 49.4 Å². The summed E-state index contributed by atoms with van der Waals surface area (Å²) in [6, 6.07) is 29.4. The zero-order chi connectivity index (χ0) is 46.2. The summed E-state index contributed by atoms with van der Waals surface area (Å²) in [4.78, 5) is 0. The highest BCUT2D eigenvalue weighted by molar-refractivity contribution is 6.25. The van der Waals surface area contributed by atoms with Crippen LogP contribution < -0.4 is 0 Å². The van der Waals surface area contributed by atoms with Gasteiger partial charge in [-0.3, -0.25) is 0 Å². The summed E-state index contributed by atoms with van der Waals surface area (Å²) in [7, 11) is 0. The van der Waals surface area contributed by atoms with E-state index < -0.39 is 66.5 Å². The van der Waals surface area contributed by atoms with Crippen LogP contribution in [0, 0.1) is 0 Å². The molecule has 0 aliphatic heterocycles. The molecule has 10 aromatic carbocycles. The summed E-state index contributed by atoms with van der Waals surface area (Å²) in [5.41, 5.74) is 4.82. The first-order chi connectivity index (χ1) is 31.7. The van der Waals surface area contributed by atoms with Gasteiger partial charge in [-0.15, -0.1) is 0 Å². The first-order valence-corrected chi connectivity index (χ1v) is 17.2. The van der Waals surface area contributed by atoms with E-state index in [0.717, 1.165) is 21.9 Å². The molecule has 0 radical (unpaired) electrons. The largest absolute Gasteiger partial charge is 0.456 e. The Balaban J connectivity index is 1.34. The van der Waals surface area contributed by atoms with Crippen LogP contribution in [0.3, 0.4) is 0 Å². The molecule has 0 bridgehead atoms. The molecule has 0 amide bonds. The van der Waals surface area contributed by atoms with Crippen molar-refractivity contribution in [2.75, 3.05) is 0 Å². The molecule has 0 N–H and O–H groups in total. The Hall–Kier alpha value is -6.96. The molecular formula is C52H32O. The first kappa shape index (κ1) is 19.6. The molecule has 1 nitrogen and oxygen atoms in total. The monoisotopic (exact) mass is 685 g/mol. The molecule has 0 unspecified atom stereocenters. The van der Waals surface area contributed by atoms with E-state index in [1.165, 1.54) is 0 Å². The number of hydrogen-bond donors (Lipinski definition) is 0. The lowest BCUT2D eigenvalue weighted by molar-refractivity contribution is 0.669. The van der Waals surface area contributed by atoms with Gasteiger partial charge < -0.3 is 4.42 Å². The van der Waals surface area contributed by atoms with Crippen molar-refractivity contribution in [3.05, 3.63) is 194 Å². The van der Waals surface area contributed by atoms with Gasteiger partial charge >= 0.3 is 0 Å². The lowest BCUT2D eigenvalue weighted by Gasteiger charge is -2.21. The van der Waals surface area contributed by atoms with Crippen LogP contribution in [0.15, 0.2) is 198 Å². The van der Waals surface area contributed by atoms with E-state index in [4.69, 9.17) is 18.1 Å². The average molecular weight is 686 g/mol. The predicted molar refractivity (Wildman–Crippen MR) is 225 cm³/mol. The van der Waals surface area contributed by atoms with Crippen molar-refractivity contribution >= 4 is 65.0 Å². The fourth-order valence-corrected chi connectivity index (χ4v) is 7.79. The van der Waals surface area contributed by atoms with E-state index in [-0.39, 0.29) is 50.3 Å². The van der Waals surface area contributed by atoms with Crippen molar-refractivity contribution in [3.8, 4) is 44.5 Å². The Morgan fingerprint density at radius 2 is 0.962 bits per heavy atom. The van der Waals surface area contributed by atoms with Crippen LogP contribution in [0.5, 0.6) is 0 Å². The maximum atomic E-state index is 10.1. The number of fused-ring (bicyclic) bond motifs is 7. The van der Waals surface area contributed by atoms with Crippen molar-refractivity contribution in [3.63, 3.8) is 0 Å². The summed E-state index contributed by atoms with van der Waals surface area (Å²) < 4.78 is 124. The molecular weight excluding hydrogens is 641 g/mol. The Labute approximate surface area is 325 Å². The predicted octanol–water partition coefficient (Wildman–Crippen LogP) is 14.9. The van der Waals surface area contributed by atoms with Crippen LogP contribution in [0.2, 0.25) is 0 Å². The Kier molecular flexibility index (Phi) is 4.36. The quantitative estimate of drug-likeness (QED) is 0.168. The van der Waals surface area contributed by atoms with Gasteiger partial charge in [0.25, 0.3) is 0 Å². The van der Waals surface area contributed by atoms with E-state index in [9.17, 15) is 4.11 Å². The molecule has 0 aliphatic carbocycles. The average Bonchev–Trinajstić information content (AvgIpc) is 3.71. The molecule has 11 rings (SSSR count). The zero-order valence-electron chi connectivity index (χ0n) is 40.9. The smallest absolute Gasteiger partial charge is 0.136 e. The van der Waals surface area contributed by atoms with Crippen molar-refractivity contribution in [1.29, 1.82) is 0 Å². The third kappa shape index (κ3) is 4.64. The topological polar surface area (TPSA) is 13.1 Å². The number of hydrogen-bond acceptors (Lipinski definition) is 1. The van der Waals surface area contributed by atoms with E-state index in [2.05, 4.69) is 0 Å². The second-order valence-electron chi connectivity index (χ2n) is 12.9. The van der Waals surface area contributed by atoms with Crippen LogP contribution >= 0.6 is 0 Å². The van der Waals surface area contributed by atoms with Gasteiger partial charge in [0, 0.05) is 10.8 Å². The van der Waals surface area contributed by atoms with Gasteiger partial charge in [-0.1, -0.05) is 164 Å². The van der Waals surface area contributed by atoms with Crippen molar-refractivity contribution in [2.45, 2.75) is 0 Å². The Bertz CT molecular complexity index is 3910. The SMILES string of the molecule is [2H]c1c([2H])c([2H])c2c([2H])c(-c3c4ccccc4c(-c4c([2H])c([2H])c([2H])c5c([2H])c([2H])c([2H])c([2H])c45)c4ccccc34)c(-c3ccc4oc5cccc(-c6ccccc6)c5c4c3)c([2H])c2c1[2H]. The number of rotatable bonds is 4. The minimum atomic E-state index is -0.567. The van der Waals surface area contributed by atoms with Crippen molar-refractivity contribution in [2.24, 2.45) is 0 Å². The molecule has 53 heavy (non-hydrogen) atoms. The maximum absolute atomic E-state index is 10.1. The van der Waals surface area contributed by atoms with Gasteiger partial charge in [0.05, 0.1) is 17.8 Å². The minimum absolute atomic E-state index is 0.0311. The zero-order valence-corrected chi connectivity index (χ0v) is 27.9. The number of benzene rings is 10. The fraction of sp³-hybridized carbons (Fsp3) is 0. The second kappa shape index (κ2) is 11.8. The molecule has 0 aliphatic rings.